The number of thioether (sulfide) groups is 1. The number of hydrogen-bond acceptors (Lipinski definition) is 3. The fourth-order valence-corrected chi connectivity index (χ4v) is 6.68. The molecule has 0 aromatic heterocycles. The Labute approximate surface area is 171 Å². The number of anilines is 1. The summed E-state index contributed by atoms with van der Waals surface area (Å²) in [5, 5.41) is 0.250. The van der Waals surface area contributed by atoms with Gasteiger partial charge in [0.2, 0.25) is 0 Å². The SMILES string of the molecule is CN(C)c1ccc(/C=C2\CCN3C(=O)C4C5=C(CCCC5)SC4[N+](C)=C23)cc1. The van der Waals surface area contributed by atoms with Gasteiger partial charge in [0.05, 0.1) is 13.6 Å². The molecule has 1 saturated heterocycles. The molecule has 3 aliphatic heterocycles. The zero-order chi connectivity index (χ0) is 19.4. The fraction of sp³-hybridized carbons (Fsp3) is 0.478. The molecule has 2 atom stereocenters. The van der Waals surface area contributed by atoms with Gasteiger partial charge in [-0.25, -0.2) is 4.79 Å². The predicted octanol–water partition coefficient (Wildman–Crippen LogP) is 3.94. The first kappa shape index (κ1) is 18.0. The Bertz CT molecular complexity index is 926. The summed E-state index contributed by atoms with van der Waals surface area (Å²) in [6.45, 7) is 0.816. The first-order valence-corrected chi connectivity index (χ1v) is 11.2. The maximum Gasteiger partial charge on any atom is 0.322 e. The molecule has 28 heavy (non-hydrogen) atoms. The van der Waals surface area contributed by atoms with E-state index < -0.39 is 0 Å². The van der Waals surface area contributed by atoms with Crippen molar-refractivity contribution in [2.45, 2.75) is 37.5 Å². The van der Waals surface area contributed by atoms with Crippen LogP contribution in [0.15, 0.2) is 40.3 Å². The number of amidine groups is 1. The highest BCUT2D eigenvalue weighted by Crippen LogP contribution is 2.51. The van der Waals surface area contributed by atoms with Gasteiger partial charge >= 0.3 is 5.91 Å². The Morgan fingerprint density at radius 2 is 1.89 bits per heavy atom. The Morgan fingerprint density at radius 1 is 1.14 bits per heavy atom. The summed E-state index contributed by atoms with van der Waals surface area (Å²) < 4.78 is 2.39. The van der Waals surface area contributed by atoms with Crippen LogP contribution in [0.5, 0.6) is 0 Å². The van der Waals surface area contributed by atoms with Gasteiger partial charge in [0, 0.05) is 31.8 Å². The lowest BCUT2D eigenvalue weighted by Crippen LogP contribution is -2.52. The van der Waals surface area contributed by atoms with E-state index in [2.05, 4.69) is 65.9 Å². The predicted molar refractivity (Wildman–Crippen MR) is 117 cm³/mol. The second-order valence-electron chi connectivity index (χ2n) is 8.47. The van der Waals surface area contributed by atoms with E-state index in [1.165, 1.54) is 46.6 Å². The van der Waals surface area contributed by atoms with Crippen molar-refractivity contribution in [3.8, 4) is 0 Å². The summed E-state index contributed by atoms with van der Waals surface area (Å²) in [5.74, 6) is 1.55. The smallest absolute Gasteiger partial charge is 0.322 e. The number of hydrogen-bond donors (Lipinski definition) is 0. The van der Waals surface area contributed by atoms with E-state index in [-0.39, 0.29) is 11.3 Å². The van der Waals surface area contributed by atoms with Crippen LogP contribution in [0.2, 0.25) is 0 Å². The van der Waals surface area contributed by atoms with Crippen LogP contribution in [0.4, 0.5) is 5.69 Å². The highest BCUT2D eigenvalue weighted by molar-refractivity contribution is 8.03. The van der Waals surface area contributed by atoms with E-state index in [0.29, 0.717) is 5.91 Å². The minimum Gasteiger partial charge on any atom is -0.378 e. The Hall–Kier alpha value is -2.01. The second-order valence-corrected chi connectivity index (χ2v) is 9.68. The van der Waals surface area contributed by atoms with Gasteiger partial charge in [0.25, 0.3) is 5.84 Å². The summed E-state index contributed by atoms with van der Waals surface area (Å²) in [6, 6.07) is 8.65. The molecule has 1 aromatic carbocycles. The molecule has 3 heterocycles. The third-order valence-corrected chi connectivity index (χ3v) is 8.11. The van der Waals surface area contributed by atoms with Crippen LogP contribution in [0.3, 0.4) is 0 Å². The van der Waals surface area contributed by atoms with Gasteiger partial charge in [-0.3, -0.25) is 4.58 Å². The molecule has 1 aliphatic carbocycles. The average Bonchev–Trinajstić information content (AvgIpc) is 3.29. The fourth-order valence-electron chi connectivity index (χ4n) is 5.07. The number of rotatable bonds is 2. The highest BCUT2D eigenvalue weighted by atomic mass is 32.2. The van der Waals surface area contributed by atoms with Crippen LogP contribution >= 0.6 is 11.8 Å². The molecule has 0 saturated carbocycles. The molecule has 0 radical (unpaired) electrons. The summed E-state index contributed by atoms with van der Waals surface area (Å²) in [4.78, 5) is 19.1. The van der Waals surface area contributed by atoms with Gasteiger partial charge in [-0.05, 0) is 59.9 Å². The summed E-state index contributed by atoms with van der Waals surface area (Å²) in [5.41, 5.74) is 5.15. The van der Waals surface area contributed by atoms with Crippen molar-refractivity contribution in [3.63, 3.8) is 0 Å². The Morgan fingerprint density at radius 3 is 2.64 bits per heavy atom. The first-order chi connectivity index (χ1) is 13.5. The third kappa shape index (κ3) is 2.74. The van der Waals surface area contributed by atoms with Crippen LogP contribution in [0.25, 0.3) is 6.08 Å². The first-order valence-electron chi connectivity index (χ1n) is 10.3. The maximum absolute atomic E-state index is 13.4. The van der Waals surface area contributed by atoms with E-state index in [9.17, 15) is 4.79 Å². The molecular formula is C23H28N3OS+. The van der Waals surface area contributed by atoms with Crippen molar-refractivity contribution in [1.82, 2.24) is 4.90 Å². The van der Waals surface area contributed by atoms with E-state index in [0.717, 1.165) is 25.2 Å². The molecule has 5 rings (SSSR count). The number of carbonyl (C=O) groups is 1. The lowest BCUT2D eigenvalue weighted by Gasteiger charge is -2.29. The Kier molecular flexibility index (Phi) is 4.38. The largest absolute Gasteiger partial charge is 0.378 e. The van der Waals surface area contributed by atoms with Crippen molar-refractivity contribution < 1.29 is 9.37 Å². The van der Waals surface area contributed by atoms with E-state index in [1.54, 1.807) is 0 Å². The van der Waals surface area contributed by atoms with Crippen molar-refractivity contribution in [2.75, 3.05) is 32.6 Å². The standard InChI is InChI=1S/C23H28N3OS/c1-24(2)17-10-8-15(9-11-17)14-16-12-13-26-21(16)25(3)23-20(22(26)27)18-6-4-5-7-19(18)28-23/h8-11,14,20,23H,4-7,12-13H2,1-3H3/q+1. The van der Waals surface area contributed by atoms with Crippen molar-refractivity contribution >= 4 is 35.3 Å². The van der Waals surface area contributed by atoms with Gasteiger partial charge in [0.15, 0.2) is 5.37 Å². The molecule has 1 fully saturated rings. The van der Waals surface area contributed by atoms with Gasteiger partial charge in [-0.2, -0.15) is 4.90 Å². The van der Waals surface area contributed by atoms with Gasteiger partial charge < -0.3 is 4.90 Å². The van der Waals surface area contributed by atoms with E-state index >= 15 is 0 Å². The molecule has 0 spiro atoms. The number of amides is 1. The molecule has 4 nitrogen and oxygen atoms in total. The summed E-state index contributed by atoms with van der Waals surface area (Å²) >= 11 is 1.96. The molecule has 146 valence electrons. The number of benzene rings is 1. The number of fused-ring (bicyclic) bond motifs is 3. The zero-order valence-electron chi connectivity index (χ0n) is 16.9. The molecule has 0 N–H and O–H groups in total. The number of carbonyl (C=O) groups excluding carboxylic acids is 1. The van der Waals surface area contributed by atoms with Crippen molar-refractivity contribution in [1.29, 1.82) is 0 Å². The van der Waals surface area contributed by atoms with Gasteiger partial charge in [-0.1, -0.05) is 23.9 Å². The van der Waals surface area contributed by atoms with Crippen LogP contribution in [0.1, 0.15) is 37.7 Å². The number of nitrogens with zero attached hydrogens (tertiary/aromatic N) is 3. The molecule has 1 aromatic rings. The summed E-state index contributed by atoms with van der Waals surface area (Å²) in [6.07, 6.45) is 8.02. The Balaban J connectivity index is 1.50. The normalized spacial score (nSPS) is 28.0. The lowest BCUT2D eigenvalue weighted by molar-refractivity contribution is -0.523. The van der Waals surface area contributed by atoms with Crippen LogP contribution in [0, 0.1) is 5.92 Å². The lowest BCUT2D eigenvalue weighted by atomic mass is 9.87. The molecule has 5 heteroatoms. The maximum atomic E-state index is 13.4. The van der Waals surface area contributed by atoms with Crippen LogP contribution in [-0.4, -0.2) is 54.3 Å². The van der Waals surface area contributed by atoms with Crippen molar-refractivity contribution in [3.05, 3.63) is 45.9 Å². The van der Waals surface area contributed by atoms with Crippen LogP contribution in [-0.2, 0) is 4.79 Å². The van der Waals surface area contributed by atoms with E-state index in [4.69, 9.17) is 0 Å². The minimum atomic E-state index is 0.0766. The molecule has 1 amide bonds. The third-order valence-electron chi connectivity index (χ3n) is 6.53. The molecular weight excluding hydrogens is 366 g/mol. The quantitative estimate of drug-likeness (QED) is 0.711. The molecule has 2 unspecified atom stereocenters. The van der Waals surface area contributed by atoms with Gasteiger partial charge in [0.1, 0.15) is 5.92 Å². The second kappa shape index (κ2) is 6.80. The molecule has 0 bridgehead atoms. The van der Waals surface area contributed by atoms with Crippen LogP contribution < -0.4 is 4.90 Å². The minimum absolute atomic E-state index is 0.0766. The number of allylic oxidation sites excluding steroid dienone is 1. The van der Waals surface area contributed by atoms with Gasteiger partial charge in [-0.15, -0.1) is 0 Å². The highest BCUT2D eigenvalue weighted by Gasteiger charge is 2.55. The molecule has 4 aliphatic rings. The van der Waals surface area contributed by atoms with Crippen molar-refractivity contribution in [2.24, 2.45) is 5.92 Å². The summed E-state index contributed by atoms with van der Waals surface area (Å²) in [7, 11) is 6.31. The average molecular weight is 395 g/mol. The topological polar surface area (TPSA) is 26.6 Å². The monoisotopic (exact) mass is 394 g/mol. The van der Waals surface area contributed by atoms with E-state index in [1.807, 2.05) is 11.8 Å². The zero-order valence-corrected chi connectivity index (χ0v) is 17.8.